The molecule has 0 aromatic heterocycles. The van der Waals surface area contributed by atoms with Gasteiger partial charge in [0.1, 0.15) is 0 Å². The van der Waals surface area contributed by atoms with Gasteiger partial charge in [0.2, 0.25) is 11.8 Å². The minimum atomic E-state index is -0.709. The summed E-state index contributed by atoms with van der Waals surface area (Å²) in [5, 5.41) is 3.44. The van der Waals surface area contributed by atoms with Gasteiger partial charge in [-0.2, -0.15) is 0 Å². The lowest BCUT2D eigenvalue weighted by Crippen LogP contribution is -2.36. The maximum Gasteiger partial charge on any atom is 0.335 e. The van der Waals surface area contributed by atoms with E-state index in [0.717, 1.165) is 22.4 Å². The number of benzene rings is 2. The Morgan fingerprint density at radius 3 is 2.04 bits per heavy atom. The molecule has 0 saturated carbocycles. The lowest BCUT2D eigenvalue weighted by atomic mass is 10.0. The molecular formula is C36H49N3O8. The van der Waals surface area contributed by atoms with Crippen LogP contribution in [0, 0.1) is 13.8 Å². The number of imide groups is 1. The van der Waals surface area contributed by atoms with E-state index in [9.17, 15) is 24.0 Å². The third kappa shape index (κ3) is 12.2. The number of hydroxylamine groups is 2. The lowest BCUT2D eigenvalue weighted by molar-refractivity contribution is -0.198. The number of para-hydroxylation sites is 1. The number of hydrogen-bond acceptors (Lipinski definition) is 8. The van der Waals surface area contributed by atoms with Crippen molar-refractivity contribution in [2.45, 2.75) is 104 Å². The second kappa shape index (κ2) is 17.2. The molecule has 1 aliphatic heterocycles. The van der Waals surface area contributed by atoms with Crippen molar-refractivity contribution in [3.63, 3.8) is 0 Å². The Balaban J connectivity index is 1.37. The van der Waals surface area contributed by atoms with E-state index in [1.165, 1.54) is 0 Å². The van der Waals surface area contributed by atoms with Crippen molar-refractivity contribution in [2.24, 2.45) is 0 Å². The highest BCUT2D eigenvalue weighted by atomic mass is 16.7. The summed E-state index contributed by atoms with van der Waals surface area (Å²) in [6, 6.07) is 15.7. The fraction of sp³-hybridized carbons (Fsp3) is 0.528. The molecule has 1 fully saturated rings. The zero-order chi connectivity index (χ0) is 34.6. The van der Waals surface area contributed by atoms with E-state index in [0.29, 0.717) is 37.6 Å². The van der Waals surface area contributed by atoms with Crippen LogP contribution in [0.1, 0.15) is 89.3 Å². The van der Waals surface area contributed by atoms with Gasteiger partial charge in [0.15, 0.2) is 0 Å². The highest BCUT2D eigenvalue weighted by Gasteiger charge is 2.33. The van der Waals surface area contributed by atoms with Crippen LogP contribution in [0.2, 0.25) is 0 Å². The van der Waals surface area contributed by atoms with Gasteiger partial charge in [0.05, 0.1) is 37.4 Å². The van der Waals surface area contributed by atoms with Crippen LogP contribution >= 0.6 is 0 Å². The zero-order valence-electron chi connectivity index (χ0n) is 28.6. The highest BCUT2D eigenvalue weighted by molar-refractivity contribution is 6.01. The van der Waals surface area contributed by atoms with Crippen LogP contribution in [0.25, 0.3) is 0 Å². The molecular weight excluding hydrogens is 602 g/mol. The zero-order valence-corrected chi connectivity index (χ0v) is 28.6. The summed E-state index contributed by atoms with van der Waals surface area (Å²) < 4.78 is 11.9. The Hall–Kier alpha value is -4.09. The van der Waals surface area contributed by atoms with Gasteiger partial charge in [-0.3, -0.25) is 19.2 Å². The van der Waals surface area contributed by atoms with Crippen molar-refractivity contribution >= 4 is 35.3 Å². The molecule has 2 aromatic carbocycles. The summed E-state index contributed by atoms with van der Waals surface area (Å²) in [6.45, 7) is 12.9. The van der Waals surface area contributed by atoms with E-state index in [-0.39, 0.29) is 50.5 Å². The first kappa shape index (κ1) is 37.4. The monoisotopic (exact) mass is 651 g/mol. The first-order valence-electron chi connectivity index (χ1n) is 16.2. The largest absolute Gasteiger partial charge is 0.375 e. The maximum atomic E-state index is 13.4. The van der Waals surface area contributed by atoms with Crippen molar-refractivity contribution < 1.29 is 38.3 Å². The number of carbonyl (C=O) groups is 5. The molecule has 1 aliphatic rings. The molecule has 0 atom stereocenters. The van der Waals surface area contributed by atoms with Gasteiger partial charge in [-0.05, 0) is 77.1 Å². The molecule has 1 N–H and O–H groups in total. The van der Waals surface area contributed by atoms with Gasteiger partial charge in [-0.1, -0.05) is 42.5 Å². The second-order valence-corrected chi connectivity index (χ2v) is 13.1. The molecule has 0 bridgehead atoms. The van der Waals surface area contributed by atoms with Gasteiger partial charge in [-0.25, -0.2) is 4.79 Å². The minimum absolute atomic E-state index is 0.0442. The predicted molar refractivity (Wildman–Crippen MR) is 177 cm³/mol. The Morgan fingerprint density at radius 1 is 0.787 bits per heavy atom. The van der Waals surface area contributed by atoms with Gasteiger partial charge < -0.3 is 24.5 Å². The van der Waals surface area contributed by atoms with Crippen LogP contribution in [0.3, 0.4) is 0 Å². The van der Waals surface area contributed by atoms with Crippen LogP contribution in [0.4, 0.5) is 5.69 Å². The Kier molecular flexibility index (Phi) is 13.7. The Morgan fingerprint density at radius 2 is 1.38 bits per heavy atom. The van der Waals surface area contributed by atoms with Crippen molar-refractivity contribution in [1.82, 2.24) is 10.4 Å². The van der Waals surface area contributed by atoms with Gasteiger partial charge >= 0.3 is 5.97 Å². The fourth-order valence-electron chi connectivity index (χ4n) is 5.01. The van der Waals surface area contributed by atoms with E-state index in [2.05, 4.69) is 5.32 Å². The van der Waals surface area contributed by atoms with Crippen LogP contribution in [-0.2, 0) is 44.8 Å². The molecule has 1 heterocycles. The second-order valence-electron chi connectivity index (χ2n) is 13.1. The summed E-state index contributed by atoms with van der Waals surface area (Å²) in [5.74, 6) is -2.05. The normalized spacial score (nSPS) is 13.5. The third-order valence-corrected chi connectivity index (χ3v) is 8.11. The SMILES string of the molecule is Cc1ccccc1CN(C(=O)CCC(=O)NCCC(C)(C)OCCC(C)(C)OCCC(=O)ON1C(=O)CCC1=O)c1ccccc1C. The van der Waals surface area contributed by atoms with Crippen LogP contribution in [-0.4, -0.2) is 65.6 Å². The van der Waals surface area contributed by atoms with Gasteiger partial charge in [0.25, 0.3) is 11.8 Å². The number of ether oxygens (including phenoxy) is 2. The average molecular weight is 652 g/mol. The van der Waals surface area contributed by atoms with E-state index in [4.69, 9.17) is 14.3 Å². The average Bonchev–Trinajstić information content (AvgIpc) is 3.31. The van der Waals surface area contributed by atoms with Gasteiger partial charge in [0, 0.05) is 37.9 Å². The Bertz CT molecular complexity index is 1400. The molecule has 0 radical (unpaired) electrons. The molecule has 11 heteroatoms. The molecule has 2 aromatic rings. The first-order chi connectivity index (χ1) is 22.2. The van der Waals surface area contributed by atoms with E-state index in [1.807, 2.05) is 90.1 Å². The number of aryl methyl sites for hydroxylation is 2. The molecule has 4 amide bonds. The summed E-state index contributed by atoms with van der Waals surface area (Å²) in [7, 11) is 0. The van der Waals surface area contributed by atoms with Crippen LogP contribution < -0.4 is 10.2 Å². The summed E-state index contributed by atoms with van der Waals surface area (Å²) in [6.07, 6.45) is 1.27. The number of carbonyl (C=O) groups excluding carboxylic acids is 5. The van der Waals surface area contributed by atoms with Crippen molar-refractivity contribution in [1.29, 1.82) is 0 Å². The van der Waals surface area contributed by atoms with E-state index in [1.54, 1.807) is 4.90 Å². The number of hydrogen-bond donors (Lipinski definition) is 1. The van der Waals surface area contributed by atoms with Gasteiger partial charge in [-0.15, -0.1) is 5.06 Å². The topological polar surface area (TPSA) is 132 Å². The Labute approximate surface area is 277 Å². The molecule has 0 aliphatic carbocycles. The third-order valence-electron chi connectivity index (χ3n) is 8.11. The number of nitrogens with one attached hydrogen (secondary N) is 1. The standard InChI is InChI=1S/C36H49N3O8/c1-26-11-7-9-13-28(26)25-38(29-14-10-8-12-27(29)2)31(41)16-15-30(40)37-22-20-35(3,4)46-24-21-36(5,6)45-23-19-34(44)47-39-32(42)17-18-33(39)43/h7-14H,15-25H2,1-6H3,(H,37,40). The molecule has 256 valence electrons. The van der Waals surface area contributed by atoms with E-state index >= 15 is 0 Å². The number of nitrogens with zero attached hydrogens (tertiary/aromatic N) is 2. The first-order valence-corrected chi connectivity index (χ1v) is 16.2. The summed E-state index contributed by atoms with van der Waals surface area (Å²) >= 11 is 0. The highest BCUT2D eigenvalue weighted by Crippen LogP contribution is 2.24. The van der Waals surface area contributed by atoms with Crippen molar-refractivity contribution in [2.75, 3.05) is 24.7 Å². The number of amides is 4. The van der Waals surface area contributed by atoms with Crippen molar-refractivity contribution in [3.8, 4) is 0 Å². The van der Waals surface area contributed by atoms with E-state index < -0.39 is 29.0 Å². The minimum Gasteiger partial charge on any atom is -0.375 e. The molecule has 3 rings (SSSR count). The maximum absolute atomic E-state index is 13.4. The molecule has 11 nitrogen and oxygen atoms in total. The molecule has 47 heavy (non-hydrogen) atoms. The fourth-order valence-corrected chi connectivity index (χ4v) is 5.01. The number of rotatable bonds is 18. The molecule has 0 spiro atoms. The predicted octanol–water partition coefficient (Wildman–Crippen LogP) is 5.10. The smallest absolute Gasteiger partial charge is 0.335 e. The van der Waals surface area contributed by atoms with Crippen LogP contribution in [0.15, 0.2) is 48.5 Å². The molecule has 0 unspecified atom stereocenters. The van der Waals surface area contributed by atoms with Crippen molar-refractivity contribution in [3.05, 3.63) is 65.2 Å². The quantitative estimate of drug-likeness (QED) is 0.220. The summed E-state index contributed by atoms with van der Waals surface area (Å²) in [4.78, 5) is 67.9. The summed E-state index contributed by atoms with van der Waals surface area (Å²) in [5.41, 5.74) is 2.87. The molecule has 1 saturated heterocycles. The lowest BCUT2D eigenvalue weighted by Gasteiger charge is -2.30. The van der Waals surface area contributed by atoms with Crippen LogP contribution in [0.5, 0.6) is 0 Å². The number of anilines is 1.